The van der Waals surface area contributed by atoms with Gasteiger partial charge in [0.2, 0.25) is 0 Å². The van der Waals surface area contributed by atoms with Crippen LogP contribution in [0, 0.1) is 10.1 Å². The van der Waals surface area contributed by atoms with E-state index in [0.29, 0.717) is 12.5 Å². The van der Waals surface area contributed by atoms with E-state index in [1.165, 1.54) is 0 Å². The quantitative estimate of drug-likeness (QED) is 0.528. The summed E-state index contributed by atoms with van der Waals surface area (Å²) in [7, 11) is 1.11. The molecule has 0 unspecified atom stereocenters. The number of aliphatic carboxylic acids is 1. The van der Waals surface area contributed by atoms with Crippen LogP contribution in [0.3, 0.4) is 0 Å². The molecule has 0 aliphatic carbocycles. The van der Waals surface area contributed by atoms with E-state index in [0.717, 1.165) is 18.1 Å². The van der Waals surface area contributed by atoms with Gasteiger partial charge in [-0.05, 0) is 6.42 Å². The summed E-state index contributed by atoms with van der Waals surface area (Å²) >= 11 is 0. The SMILES string of the molecule is CCCN(CC(=O)O)C(=O)c1cc(OC)c(OC(F)F)cc1[N+](=O)[O-]. The van der Waals surface area contributed by atoms with Crippen LogP contribution in [0.1, 0.15) is 23.7 Å². The number of carbonyl (C=O) groups is 2. The third-order valence-corrected chi connectivity index (χ3v) is 3.03. The Balaban J connectivity index is 3.42. The van der Waals surface area contributed by atoms with Gasteiger partial charge >= 0.3 is 12.6 Å². The van der Waals surface area contributed by atoms with Crippen molar-refractivity contribution in [2.45, 2.75) is 20.0 Å². The zero-order chi connectivity index (χ0) is 19.1. The van der Waals surface area contributed by atoms with Crippen LogP contribution in [0.5, 0.6) is 11.5 Å². The van der Waals surface area contributed by atoms with Crippen molar-refractivity contribution >= 4 is 17.6 Å². The Hall–Kier alpha value is -2.98. The van der Waals surface area contributed by atoms with Gasteiger partial charge in [0.25, 0.3) is 11.6 Å². The van der Waals surface area contributed by atoms with Crippen LogP contribution >= 0.6 is 0 Å². The monoisotopic (exact) mass is 362 g/mol. The normalized spacial score (nSPS) is 10.4. The molecule has 11 heteroatoms. The summed E-state index contributed by atoms with van der Waals surface area (Å²) in [6.07, 6.45) is 0.413. The van der Waals surface area contributed by atoms with E-state index >= 15 is 0 Å². The molecular formula is C14H16F2N2O7. The first kappa shape index (κ1) is 20.1. The fraction of sp³-hybridized carbons (Fsp3) is 0.429. The number of hydrogen-bond acceptors (Lipinski definition) is 6. The van der Waals surface area contributed by atoms with Crippen LogP contribution in [0.4, 0.5) is 14.5 Å². The molecule has 0 spiro atoms. The summed E-state index contributed by atoms with van der Waals surface area (Å²) in [6, 6.07) is 1.52. The summed E-state index contributed by atoms with van der Waals surface area (Å²) in [6.45, 7) is -2.18. The first-order valence-corrected chi connectivity index (χ1v) is 7.03. The number of amides is 1. The second-order valence-corrected chi connectivity index (χ2v) is 4.78. The summed E-state index contributed by atoms with van der Waals surface area (Å²) in [5.74, 6) is -3.16. The number of benzene rings is 1. The lowest BCUT2D eigenvalue weighted by Crippen LogP contribution is -2.36. The van der Waals surface area contributed by atoms with Crippen molar-refractivity contribution < 1.29 is 37.9 Å². The maximum absolute atomic E-state index is 12.5. The lowest BCUT2D eigenvalue weighted by molar-refractivity contribution is -0.385. The van der Waals surface area contributed by atoms with Crippen LogP contribution in [-0.2, 0) is 4.79 Å². The molecule has 0 fully saturated rings. The zero-order valence-electron chi connectivity index (χ0n) is 13.4. The third kappa shape index (κ3) is 5.26. The van der Waals surface area contributed by atoms with Gasteiger partial charge < -0.3 is 19.5 Å². The van der Waals surface area contributed by atoms with Crippen molar-refractivity contribution in [1.29, 1.82) is 0 Å². The lowest BCUT2D eigenvalue weighted by Gasteiger charge is -2.20. The van der Waals surface area contributed by atoms with E-state index in [-0.39, 0.29) is 12.3 Å². The lowest BCUT2D eigenvalue weighted by atomic mass is 10.1. The molecule has 0 heterocycles. The van der Waals surface area contributed by atoms with Crippen molar-refractivity contribution in [3.63, 3.8) is 0 Å². The number of rotatable bonds is 9. The number of halogens is 2. The fourth-order valence-corrected chi connectivity index (χ4v) is 2.08. The molecule has 25 heavy (non-hydrogen) atoms. The molecule has 0 saturated heterocycles. The van der Waals surface area contributed by atoms with Crippen molar-refractivity contribution in [2.75, 3.05) is 20.2 Å². The van der Waals surface area contributed by atoms with Gasteiger partial charge in [0.05, 0.1) is 18.1 Å². The van der Waals surface area contributed by atoms with Gasteiger partial charge in [-0.25, -0.2) is 0 Å². The Bertz CT molecular complexity index is 667. The molecule has 0 radical (unpaired) electrons. The number of carbonyl (C=O) groups excluding carboxylic acids is 1. The van der Waals surface area contributed by atoms with Gasteiger partial charge in [0.15, 0.2) is 11.5 Å². The first-order valence-electron chi connectivity index (χ1n) is 7.03. The number of hydrogen-bond donors (Lipinski definition) is 1. The first-order chi connectivity index (χ1) is 11.7. The second kappa shape index (κ2) is 8.76. The van der Waals surface area contributed by atoms with Gasteiger partial charge in [-0.2, -0.15) is 8.78 Å². The minimum absolute atomic E-state index is 0.0416. The average molecular weight is 362 g/mol. The van der Waals surface area contributed by atoms with Crippen molar-refractivity contribution in [3.8, 4) is 11.5 Å². The van der Waals surface area contributed by atoms with E-state index in [2.05, 4.69) is 4.74 Å². The van der Waals surface area contributed by atoms with Crippen LogP contribution in [0.25, 0.3) is 0 Å². The largest absolute Gasteiger partial charge is 0.493 e. The minimum Gasteiger partial charge on any atom is -0.493 e. The Kier molecular flexibility index (Phi) is 7.03. The maximum Gasteiger partial charge on any atom is 0.387 e. The second-order valence-electron chi connectivity index (χ2n) is 4.78. The predicted molar refractivity (Wildman–Crippen MR) is 80.1 cm³/mol. The molecule has 1 N–H and O–H groups in total. The Morgan fingerprint density at radius 1 is 1.36 bits per heavy atom. The molecule has 0 aromatic heterocycles. The predicted octanol–water partition coefficient (Wildman–Crippen LogP) is 2.14. The molecule has 0 aliphatic heterocycles. The van der Waals surface area contributed by atoms with Gasteiger partial charge in [-0.15, -0.1) is 0 Å². The van der Waals surface area contributed by atoms with E-state index in [1.807, 2.05) is 0 Å². The highest BCUT2D eigenvalue weighted by Gasteiger charge is 2.29. The standard InChI is InChI=1S/C14H16F2N2O7/c1-3-4-17(7-12(19)20)13(21)8-5-10(24-2)11(25-14(15)16)6-9(8)18(22)23/h5-6,14H,3-4,7H2,1-2H3,(H,19,20). The van der Waals surface area contributed by atoms with Gasteiger partial charge in [-0.1, -0.05) is 6.92 Å². The molecule has 0 bridgehead atoms. The Morgan fingerprint density at radius 2 is 2.00 bits per heavy atom. The number of nitrogens with zero attached hydrogens (tertiary/aromatic N) is 2. The molecule has 0 aliphatic rings. The Morgan fingerprint density at radius 3 is 2.44 bits per heavy atom. The average Bonchev–Trinajstić information content (AvgIpc) is 2.52. The Labute approximate surface area is 140 Å². The highest BCUT2D eigenvalue weighted by atomic mass is 19.3. The van der Waals surface area contributed by atoms with E-state index in [4.69, 9.17) is 9.84 Å². The van der Waals surface area contributed by atoms with E-state index < -0.39 is 47.0 Å². The van der Waals surface area contributed by atoms with Crippen LogP contribution in [0.2, 0.25) is 0 Å². The van der Waals surface area contributed by atoms with Gasteiger partial charge in [-0.3, -0.25) is 19.7 Å². The summed E-state index contributed by atoms with van der Waals surface area (Å²) in [5.41, 5.74) is -1.29. The number of nitro groups is 1. The fourth-order valence-electron chi connectivity index (χ4n) is 2.08. The molecule has 0 atom stereocenters. The van der Waals surface area contributed by atoms with Crippen molar-refractivity contribution in [1.82, 2.24) is 4.90 Å². The summed E-state index contributed by atoms with van der Waals surface area (Å²) in [4.78, 5) is 34.5. The number of carboxylic acid groups (broad SMARTS) is 1. The van der Waals surface area contributed by atoms with Gasteiger partial charge in [0, 0.05) is 12.6 Å². The number of nitro benzene ring substituents is 1. The van der Waals surface area contributed by atoms with Crippen molar-refractivity contribution in [3.05, 3.63) is 27.8 Å². The molecule has 1 aromatic rings. The smallest absolute Gasteiger partial charge is 0.387 e. The number of alkyl halides is 2. The summed E-state index contributed by atoms with van der Waals surface area (Å²) in [5, 5.41) is 20.1. The molecule has 1 amide bonds. The number of carboxylic acids is 1. The topological polar surface area (TPSA) is 119 Å². The molecule has 9 nitrogen and oxygen atoms in total. The van der Waals surface area contributed by atoms with Crippen molar-refractivity contribution in [2.24, 2.45) is 0 Å². The molecule has 1 rings (SSSR count). The maximum atomic E-state index is 12.5. The number of ether oxygens (including phenoxy) is 2. The molecule has 138 valence electrons. The van der Waals surface area contributed by atoms with Gasteiger partial charge in [0.1, 0.15) is 12.1 Å². The molecule has 1 aromatic carbocycles. The zero-order valence-corrected chi connectivity index (χ0v) is 13.4. The minimum atomic E-state index is -3.25. The van der Waals surface area contributed by atoms with Crippen LogP contribution in [-0.4, -0.2) is 53.6 Å². The highest BCUT2D eigenvalue weighted by Crippen LogP contribution is 2.36. The number of methoxy groups -OCH3 is 1. The summed E-state index contributed by atoms with van der Waals surface area (Å²) < 4.78 is 33.8. The van der Waals surface area contributed by atoms with Crippen LogP contribution < -0.4 is 9.47 Å². The highest BCUT2D eigenvalue weighted by molar-refractivity contribution is 6.00. The molecular weight excluding hydrogens is 346 g/mol. The van der Waals surface area contributed by atoms with E-state index in [9.17, 15) is 28.5 Å². The molecule has 0 saturated carbocycles. The van der Waals surface area contributed by atoms with Crippen LogP contribution in [0.15, 0.2) is 12.1 Å². The third-order valence-electron chi connectivity index (χ3n) is 3.03. The van der Waals surface area contributed by atoms with E-state index in [1.54, 1.807) is 6.92 Å².